The first kappa shape index (κ1) is 7.76. The fraction of sp³-hybridized carbons (Fsp3) is 0.333. The van der Waals surface area contributed by atoms with Crippen LogP contribution in [0.4, 0.5) is 0 Å². The Hall–Kier alpha value is -0.240. The minimum Gasteiger partial charge on any atom is -0.380 e. The van der Waals surface area contributed by atoms with Gasteiger partial charge in [0.05, 0.1) is 4.61 Å². The molecule has 2 heteroatoms. The normalized spacial score (nSPS) is 8.12. The lowest BCUT2D eigenvalue weighted by molar-refractivity contribution is 0.847. The molecule has 0 radical (unpaired) electrons. The Labute approximate surface area is 58.6 Å². The predicted octanol–water partition coefficient (Wildman–Crippen LogP) is 2.02. The van der Waals surface area contributed by atoms with E-state index in [4.69, 9.17) is 0 Å². The zero-order chi connectivity index (χ0) is 6.41. The Bertz CT molecular complexity index is 88.5. The molecular formula is C6H10BrN. The second kappa shape index (κ2) is 4.91. The van der Waals surface area contributed by atoms with Crippen LogP contribution < -0.4 is 5.32 Å². The summed E-state index contributed by atoms with van der Waals surface area (Å²) in [4.78, 5) is 0. The van der Waals surface area contributed by atoms with Crippen LogP contribution in [0.3, 0.4) is 0 Å². The maximum absolute atomic E-state index is 3.60. The van der Waals surface area contributed by atoms with Crippen LogP contribution in [0.25, 0.3) is 0 Å². The topological polar surface area (TPSA) is 12.0 Å². The summed E-state index contributed by atoms with van der Waals surface area (Å²) in [5.74, 6) is 0. The second-order valence-corrected chi connectivity index (χ2v) is 2.37. The highest BCUT2D eigenvalue weighted by Crippen LogP contribution is 1.92. The van der Waals surface area contributed by atoms with Gasteiger partial charge in [0.15, 0.2) is 0 Å². The molecule has 0 aromatic carbocycles. The van der Waals surface area contributed by atoms with Crippen LogP contribution in [-0.4, -0.2) is 6.54 Å². The number of nitrogens with one attached hydrogen (secondary N) is 1. The molecule has 1 N–H and O–H groups in total. The van der Waals surface area contributed by atoms with Gasteiger partial charge in [-0.1, -0.05) is 12.7 Å². The summed E-state index contributed by atoms with van der Waals surface area (Å²) in [6, 6.07) is 0. The van der Waals surface area contributed by atoms with Gasteiger partial charge in [-0.05, 0) is 22.4 Å². The Morgan fingerprint density at radius 1 is 1.75 bits per heavy atom. The first-order valence-electron chi connectivity index (χ1n) is 2.46. The molecule has 0 bridgehead atoms. The molecule has 0 aliphatic carbocycles. The second-order valence-electron chi connectivity index (χ2n) is 1.41. The molecule has 0 aromatic heterocycles. The fourth-order valence-electron chi connectivity index (χ4n) is 0.310. The summed E-state index contributed by atoms with van der Waals surface area (Å²) in [7, 11) is 0. The van der Waals surface area contributed by atoms with Gasteiger partial charge in [0.2, 0.25) is 0 Å². The van der Waals surface area contributed by atoms with Crippen molar-refractivity contribution in [2.75, 3.05) is 6.54 Å². The Morgan fingerprint density at radius 3 is 2.75 bits per heavy atom. The first-order chi connectivity index (χ1) is 3.77. The molecule has 0 saturated carbocycles. The third-order valence-corrected chi connectivity index (χ3v) is 0.946. The van der Waals surface area contributed by atoms with Crippen LogP contribution >= 0.6 is 15.9 Å². The van der Waals surface area contributed by atoms with Crippen LogP contribution in [0.1, 0.15) is 6.42 Å². The van der Waals surface area contributed by atoms with Crippen LogP contribution in [0.15, 0.2) is 23.8 Å². The van der Waals surface area contributed by atoms with Gasteiger partial charge in [-0.15, -0.1) is 6.58 Å². The lowest BCUT2D eigenvalue weighted by Gasteiger charge is -1.97. The van der Waals surface area contributed by atoms with Crippen molar-refractivity contribution in [2.24, 2.45) is 0 Å². The molecule has 0 spiro atoms. The lowest BCUT2D eigenvalue weighted by atomic mass is 10.4. The summed E-state index contributed by atoms with van der Waals surface area (Å²) < 4.78 is 0.833. The van der Waals surface area contributed by atoms with Crippen LogP contribution in [-0.2, 0) is 0 Å². The summed E-state index contributed by atoms with van der Waals surface area (Å²) in [5.41, 5.74) is 0. The molecule has 8 heavy (non-hydrogen) atoms. The van der Waals surface area contributed by atoms with E-state index in [2.05, 4.69) is 34.4 Å². The van der Waals surface area contributed by atoms with Crippen molar-refractivity contribution in [2.45, 2.75) is 6.42 Å². The van der Waals surface area contributed by atoms with Crippen molar-refractivity contribution >= 4 is 15.9 Å². The van der Waals surface area contributed by atoms with E-state index in [1.165, 1.54) is 0 Å². The maximum Gasteiger partial charge on any atom is 0.0707 e. The Balaban J connectivity index is 2.93. The summed E-state index contributed by atoms with van der Waals surface area (Å²) >= 11 is 3.16. The molecule has 0 heterocycles. The smallest absolute Gasteiger partial charge is 0.0707 e. The number of hydrogen-bond donors (Lipinski definition) is 1. The molecule has 0 aromatic rings. The number of halogens is 1. The van der Waals surface area contributed by atoms with E-state index in [0.717, 1.165) is 17.6 Å². The van der Waals surface area contributed by atoms with E-state index in [0.29, 0.717) is 0 Å². The van der Waals surface area contributed by atoms with E-state index in [1.54, 1.807) is 0 Å². The van der Waals surface area contributed by atoms with Crippen molar-refractivity contribution in [1.82, 2.24) is 5.32 Å². The Morgan fingerprint density at radius 2 is 2.38 bits per heavy atom. The van der Waals surface area contributed by atoms with Crippen LogP contribution in [0.5, 0.6) is 0 Å². The highest BCUT2D eigenvalue weighted by molar-refractivity contribution is 9.11. The van der Waals surface area contributed by atoms with E-state index in [1.807, 2.05) is 6.08 Å². The zero-order valence-electron chi connectivity index (χ0n) is 4.78. The van der Waals surface area contributed by atoms with E-state index in [9.17, 15) is 0 Å². The highest BCUT2D eigenvalue weighted by atomic mass is 79.9. The van der Waals surface area contributed by atoms with E-state index in [-0.39, 0.29) is 0 Å². The SMILES string of the molecule is C=CCCNC(=C)Br. The molecule has 1 nitrogen and oxygen atoms in total. The molecule has 0 rings (SSSR count). The predicted molar refractivity (Wildman–Crippen MR) is 40.9 cm³/mol. The van der Waals surface area contributed by atoms with E-state index < -0.39 is 0 Å². The number of hydrogen-bond acceptors (Lipinski definition) is 1. The van der Waals surface area contributed by atoms with E-state index >= 15 is 0 Å². The quantitative estimate of drug-likeness (QED) is 0.392. The minimum atomic E-state index is 0.833. The Kier molecular flexibility index (Phi) is 4.76. The number of rotatable bonds is 4. The zero-order valence-corrected chi connectivity index (χ0v) is 6.37. The maximum atomic E-state index is 3.60. The van der Waals surface area contributed by atoms with Gasteiger partial charge in [-0.25, -0.2) is 0 Å². The molecule has 0 unspecified atom stereocenters. The minimum absolute atomic E-state index is 0.833. The third-order valence-electron chi connectivity index (χ3n) is 0.665. The van der Waals surface area contributed by atoms with Gasteiger partial charge in [0.25, 0.3) is 0 Å². The summed E-state index contributed by atoms with van der Waals surface area (Å²) in [5, 5.41) is 3.00. The molecule has 0 atom stereocenters. The fourth-order valence-corrected chi connectivity index (χ4v) is 0.508. The standard InChI is InChI=1S/C6H10BrN/c1-3-4-5-8-6(2)7/h3,8H,1-2,4-5H2. The largest absolute Gasteiger partial charge is 0.380 e. The van der Waals surface area contributed by atoms with Crippen molar-refractivity contribution in [3.8, 4) is 0 Å². The molecule has 0 saturated heterocycles. The van der Waals surface area contributed by atoms with Gasteiger partial charge < -0.3 is 5.32 Å². The van der Waals surface area contributed by atoms with Gasteiger partial charge in [-0.2, -0.15) is 0 Å². The molecular weight excluding hydrogens is 166 g/mol. The molecule has 0 aliphatic heterocycles. The van der Waals surface area contributed by atoms with Gasteiger partial charge in [0, 0.05) is 6.54 Å². The first-order valence-corrected chi connectivity index (χ1v) is 3.26. The molecule has 0 amide bonds. The summed E-state index contributed by atoms with van der Waals surface area (Å²) in [6.45, 7) is 8.08. The van der Waals surface area contributed by atoms with Crippen molar-refractivity contribution in [3.63, 3.8) is 0 Å². The van der Waals surface area contributed by atoms with Gasteiger partial charge >= 0.3 is 0 Å². The van der Waals surface area contributed by atoms with Gasteiger partial charge in [0.1, 0.15) is 0 Å². The lowest BCUT2D eigenvalue weighted by Crippen LogP contribution is -2.08. The van der Waals surface area contributed by atoms with Crippen LogP contribution in [0.2, 0.25) is 0 Å². The molecule has 0 fully saturated rings. The summed E-state index contributed by atoms with van der Waals surface area (Å²) in [6.07, 6.45) is 2.84. The third kappa shape index (κ3) is 5.76. The van der Waals surface area contributed by atoms with Crippen LogP contribution in [0, 0.1) is 0 Å². The average molecular weight is 176 g/mol. The average Bonchev–Trinajstić information content (AvgIpc) is 1.66. The van der Waals surface area contributed by atoms with Crippen molar-refractivity contribution in [3.05, 3.63) is 23.8 Å². The monoisotopic (exact) mass is 175 g/mol. The molecule has 0 aliphatic rings. The van der Waals surface area contributed by atoms with Gasteiger partial charge in [-0.3, -0.25) is 0 Å². The van der Waals surface area contributed by atoms with Crippen molar-refractivity contribution < 1.29 is 0 Å². The highest BCUT2D eigenvalue weighted by Gasteiger charge is 1.80. The van der Waals surface area contributed by atoms with Crippen molar-refractivity contribution in [1.29, 1.82) is 0 Å². The molecule has 46 valence electrons.